The summed E-state index contributed by atoms with van der Waals surface area (Å²) in [6.45, 7) is 9.86. The first-order valence-electron chi connectivity index (χ1n) is 6.72. The first kappa shape index (κ1) is 16.4. The highest BCUT2D eigenvalue weighted by Crippen LogP contribution is 1.98. The molecule has 1 amide bonds. The first-order valence-corrected chi connectivity index (χ1v) is 6.72. The molecule has 4 heteroatoms. The number of unbranched alkanes of at least 4 members (excludes halogenated alkanes) is 1. The summed E-state index contributed by atoms with van der Waals surface area (Å²) in [6.07, 6.45) is 3.25. The molecule has 0 atom stereocenters. The van der Waals surface area contributed by atoms with Gasteiger partial charge < -0.3 is 15.4 Å². The Morgan fingerprint density at radius 1 is 1.24 bits per heavy atom. The zero-order valence-corrected chi connectivity index (χ0v) is 11.6. The van der Waals surface area contributed by atoms with Crippen LogP contribution in [-0.4, -0.2) is 38.8 Å². The van der Waals surface area contributed by atoms with Crippen molar-refractivity contribution in [2.45, 2.75) is 40.0 Å². The zero-order valence-electron chi connectivity index (χ0n) is 11.6. The lowest BCUT2D eigenvalue weighted by atomic mass is 10.1. The van der Waals surface area contributed by atoms with Gasteiger partial charge in [-0.1, -0.05) is 27.2 Å². The van der Waals surface area contributed by atoms with E-state index in [0.29, 0.717) is 19.1 Å². The largest absolute Gasteiger partial charge is 0.380 e. The van der Waals surface area contributed by atoms with Crippen molar-refractivity contribution in [2.24, 2.45) is 5.92 Å². The Kier molecular flexibility index (Phi) is 11.4. The predicted octanol–water partition coefficient (Wildman–Crippen LogP) is 1.55. The van der Waals surface area contributed by atoms with E-state index >= 15 is 0 Å². The summed E-state index contributed by atoms with van der Waals surface area (Å²) in [4.78, 5) is 11.3. The molecule has 0 aromatic rings. The summed E-state index contributed by atoms with van der Waals surface area (Å²) in [6, 6.07) is 0. The van der Waals surface area contributed by atoms with E-state index in [1.165, 1.54) is 0 Å². The average molecular weight is 244 g/mol. The molecule has 2 N–H and O–H groups in total. The van der Waals surface area contributed by atoms with Gasteiger partial charge in [-0.15, -0.1) is 0 Å². The standard InChI is InChI=1S/C13H28N2O2/c1-4-5-7-15-13(16)11-14-8-10-17-9-6-12(2)3/h12,14H,4-11H2,1-3H3,(H,15,16). The van der Waals surface area contributed by atoms with Crippen molar-refractivity contribution in [3.05, 3.63) is 0 Å². The van der Waals surface area contributed by atoms with Gasteiger partial charge in [-0.25, -0.2) is 0 Å². The fourth-order valence-corrected chi connectivity index (χ4v) is 1.23. The van der Waals surface area contributed by atoms with Crippen molar-refractivity contribution >= 4 is 5.91 Å². The van der Waals surface area contributed by atoms with Crippen LogP contribution in [0.25, 0.3) is 0 Å². The van der Waals surface area contributed by atoms with E-state index in [1.54, 1.807) is 0 Å². The molecule has 0 heterocycles. The summed E-state index contributed by atoms with van der Waals surface area (Å²) >= 11 is 0. The lowest BCUT2D eigenvalue weighted by molar-refractivity contribution is -0.120. The maximum Gasteiger partial charge on any atom is 0.233 e. The average Bonchev–Trinajstić information content (AvgIpc) is 2.28. The number of hydrogen-bond donors (Lipinski definition) is 2. The number of rotatable bonds is 11. The summed E-state index contributed by atoms with van der Waals surface area (Å²) in [5.74, 6) is 0.757. The van der Waals surface area contributed by atoms with Crippen LogP contribution in [0.4, 0.5) is 0 Å². The minimum Gasteiger partial charge on any atom is -0.380 e. The highest BCUT2D eigenvalue weighted by Gasteiger charge is 1.99. The molecule has 0 aliphatic carbocycles. The Hall–Kier alpha value is -0.610. The summed E-state index contributed by atoms with van der Waals surface area (Å²) in [5.41, 5.74) is 0. The predicted molar refractivity (Wildman–Crippen MR) is 71.1 cm³/mol. The van der Waals surface area contributed by atoms with Gasteiger partial charge in [-0.3, -0.25) is 4.79 Å². The van der Waals surface area contributed by atoms with Crippen LogP contribution in [0.15, 0.2) is 0 Å². The van der Waals surface area contributed by atoms with Crippen molar-refractivity contribution in [3.8, 4) is 0 Å². The quantitative estimate of drug-likeness (QED) is 0.542. The molecule has 0 saturated heterocycles. The second kappa shape index (κ2) is 11.9. The molecule has 0 aliphatic heterocycles. The molecule has 17 heavy (non-hydrogen) atoms. The maximum atomic E-state index is 11.3. The molecule has 0 aromatic carbocycles. The van der Waals surface area contributed by atoms with E-state index in [2.05, 4.69) is 31.4 Å². The van der Waals surface area contributed by atoms with E-state index in [9.17, 15) is 4.79 Å². The second-order valence-corrected chi connectivity index (χ2v) is 4.68. The van der Waals surface area contributed by atoms with Gasteiger partial charge in [0.2, 0.25) is 5.91 Å². The van der Waals surface area contributed by atoms with Gasteiger partial charge in [0.15, 0.2) is 0 Å². The van der Waals surface area contributed by atoms with Crippen LogP contribution in [-0.2, 0) is 9.53 Å². The number of ether oxygens (including phenoxy) is 1. The fourth-order valence-electron chi connectivity index (χ4n) is 1.23. The summed E-state index contributed by atoms with van der Waals surface area (Å²) < 4.78 is 5.43. The van der Waals surface area contributed by atoms with Gasteiger partial charge in [0.05, 0.1) is 13.2 Å². The molecular weight excluding hydrogens is 216 g/mol. The zero-order chi connectivity index (χ0) is 12.9. The van der Waals surface area contributed by atoms with Gasteiger partial charge in [0.1, 0.15) is 0 Å². The Labute approximate surface area is 105 Å². The Morgan fingerprint density at radius 3 is 2.65 bits per heavy atom. The maximum absolute atomic E-state index is 11.3. The van der Waals surface area contributed by atoms with E-state index in [4.69, 9.17) is 4.74 Å². The van der Waals surface area contributed by atoms with Gasteiger partial charge in [0.25, 0.3) is 0 Å². The van der Waals surface area contributed by atoms with Gasteiger partial charge in [0, 0.05) is 19.7 Å². The van der Waals surface area contributed by atoms with Crippen molar-refractivity contribution < 1.29 is 9.53 Å². The molecule has 0 aromatic heterocycles. The van der Waals surface area contributed by atoms with Crippen LogP contribution in [0.5, 0.6) is 0 Å². The highest BCUT2D eigenvalue weighted by molar-refractivity contribution is 5.77. The fraction of sp³-hybridized carbons (Fsp3) is 0.923. The van der Waals surface area contributed by atoms with Gasteiger partial charge in [-0.2, -0.15) is 0 Å². The molecule has 0 rings (SSSR count). The Morgan fingerprint density at radius 2 is 2.00 bits per heavy atom. The number of hydrogen-bond acceptors (Lipinski definition) is 3. The first-order chi connectivity index (χ1) is 8.16. The third kappa shape index (κ3) is 13.3. The Balaban J connectivity index is 3.14. The molecule has 0 saturated carbocycles. The molecule has 102 valence electrons. The Bertz CT molecular complexity index is 184. The van der Waals surface area contributed by atoms with E-state index < -0.39 is 0 Å². The van der Waals surface area contributed by atoms with Gasteiger partial charge in [-0.05, 0) is 18.8 Å². The molecule has 0 unspecified atom stereocenters. The van der Waals surface area contributed by atoms with E-state index in [0.717, 1.165) is 39.0 Å². The molecule has 0 radical (unpaired) electrons. The lowest BCUT2D eigenvalue weighted by Gasteiger charge is -2.08. The minimum atomic E-state index is 0.0700. The van der Waals surface area contributed by atoms with Gasteiger partial charge >= 0.3 is 0 Å². The lowest BCUT2D eigenvalue weighted by Crippen LogP contribution is -2.35. The molecule has 4 nitrogen and oxygen atoms in total. The van der Waals surface area contributed by atoms with Crippen LogP contribution >= 0.6 is 0 Å². The molecule has 0 bridgehead atoms. The van der Waals surface area contributed by atoms with Crippen molar-refractivity contribution in [3.63, 3.8) is 0 Å². The van der Waals surface area contributed by atoms with Crippen LogP contribution < -0.4 is 10.6 Å². The second-order valence-electron chi connectivity index (χ2n) is 4.68. The highest BCUT2D eigenvalue weighted by atomic mass is 16.5. The number of amides is 1. The van der Waals surface area contributed by atoms with Crippen molar-refractivity contribution in [1.29, 1.82) is 0 Å². The van der Waals surface area contributed by atoms with E-state index in [-0.39, 0.29) is 5.91 Å². The molecule has 0 fully saturated rings. The molecule has 0 spiro atoms. The number of carbonyl (C=O) groups is 1. The minimum absolute atomic E-state index is 0.0700. The smallest absolute Gasteiger partial charge is 0.233 e. The van der Waals surface area contributed by atoms with Crippen LogP contribution in [0.3, 0.4) is 0 Å². The van der Waals surface area contributed by atoms with Crippen LogP contribution in [0, 0.1) is 5.92 Å². The molecular formula is C13H28N2O2. The SMILES string of the molecule is CCCCNC(=O)CNCCOCCC(C)C. The normalized spacial score (nSPS) is 10.8. The number of nitrogens with one attached hydrogen (secondary N) is 2. The number of carbonyl (C=O) groups excluding carboxylic acids is 1. The third-order valence-corrected chi connectivity index (χ3v) is 2.40. The van der Waals surface area contributed by atoms with Crippen molar-refractivity contribution in [2.75, 3.05) is 32.8 Å². The van der Waals surface area contributed by atoms with Crippen molar-refractivity contribution in [1.82, 2.24) is 10.6 Å². The summed E-state index contributed by atoms with van der Waals surface area (Å²) in [7, 11) is 0. The molecule has 0 aliphatic rings. The van der Waals surface area contributed by atoms with E-state index in [1.807, 2.05) is 0 Å². The monoisotopic (exact) mass is 244 g/mol. The van der Waals surface area contributed by atoms with Crippen LogP contribution in [0.1, 0.15) is 40.0 Å². The van der Waals surface area contributed by atoms with Crippen LogP contribution in [0.2, 0.25) is 0 Å². The summed E-state index contributed by atoms with van der Waals surface area (Å²) in [5, 5.41) is 5.92. The topological polar surface area (TPSA) is 50.4 Å². The third-order valence-electron chi connectivity index (χ3n) is 2.40.